The van der Waals surface area contributed by atoms with E-state index in [9.17, 15) is 14.4 Å². The molecule has 0 heterocycles. The average Bonchev–Trinajstić information content (AvgIpc) is 2.61. The molecule has 2 aromatic rings. The van der Waals surface area contributed by atoms with Gasteiger partial charge in [0.1, 0.15) is 12.3 Å². The molecule has 0 spiro atoms. The molecule has 2 amide bonds. The first-order valence-corrected chi connectivity index (χ1v) is 8.49. The second-order valence-electron chi connectivity index (χ2n) is 6.16. The predicted octanol–water partition coefficient (Wildman–Crippen LogP) is 2.47. The Balaban J connectivity index is 1.99. The number of carboxylic acids is 1. The van der Waals surface area contributed by atoms with Gasteiger partial charge in [0.25, 0.3) is 5.91 Å². The molecule has 0 bridgehead atoms. The molecule has 3 N–H and O–H groups in total. The third-order valence-corrected chi connectivity index (χ3v) is 3.51. The second kappa shape index (κ2) is 9.38. The van der Waals surface area contributed by atoms with Crippen LogP contribution >= 0.6 is 0 Å². The number of ether oxygens (including phenoxy) is 1. The number of hydrogen-bond donors (Lipinski definition) is 3. The van der Waals surface area contributed by atoms with E-state index in [0.29, 0.717) is 22.6 Å². The monoisotopic (exact) mass is 370 g/mol. The molecule has 0 aliphatic carbocycles. The summed E-state index contributed by atoms with van der Waals surface area (Å²) < 4.78 is 5.66. The van der Waals surface area contributed by atoms with Crippen molar-refractivity contribution in [1.29, 1.82) is 0 Å². The zero-order chi connectivity index (χ0) is 19.8. The Bertz CT molecular complexity index is 815. The number of carbonyl (C=O) groups excluding carboxylic acids is 2. The van der Waals surface area contributed by atoms with Gasteiger partial charge in [0.15, 0.2) is 0 Å². The van der Waals surface area contributed by atoms with Gasteiger partial charge in [-0.25, -0.2) is 0 Å². The molecule has 0 unspecified atom stereocenters. The number of para-hydroxylation sites is 1. The Kier molecular flexibility index (Phi) is 6.93. The molecule has 0 aliphatic heterocycles. The number of benzene rings is 2. The highest BCUT2D eigenvalue weighted by molar-refractivity contribution is 6.06. The number of carboxylic acid groups (broad SMARTS) is 1. The first-order valence-electron chi connectivity index (χ1n) is 8.49. The number of nitrogens with one attached hydrogen (secondary N) is 2. The summed E-state index contributed by atoms with van der Waals surface area (Å²) in [4.78, 5) is 34.6. The van der Waals surface area contributed by atoms with Gasteiger partial charge in [-0.2, -0.15) is 0 Å². The first kappa shape index (κ1) is 20.0. The van der Waals surface area contributed by atoms with Crippen LogP contribution in [-0.2, 0) is 16.0 Å². The van der Waals surface area contributed by atoms with Gasteiger partial charge in [0, 0.05) is 5.69 Å². The summed E-state index contributed by atoms with van der Waals surface area (Å²) in [6, 6.07) is 13.8. The van der Waals surface area contributed by atoms with Crippen LogP contribution in [0.3, 0.4) is 0 Å². The van der Waals surface area contributed by atoms with Crippen molar-refractivity contribution in [3.8, 4) is 5.75 Å². The van der Waals surface area contributed by atoms with Gasteiger partial charge in [-0.05, 0) is 43.7 Å². The van der Waals surface area contributed by atoms with E-state index >= 15 is 0 Å². The smallest absolute Gasteiger partial charge is 0.322 e. The van der Waals surface area contributed by atoms with Gasteiger partial charge in [-0.1, -0.05) is 24.3 Å². The van der Waals surface area contributed by atoms with Crippen LogP contribution < -0.4 is 15.4 Å². The highest BCUT2D eigenvalue weighted by Gasteiger charge is 2.13. The molecule has 0 aliphatic rings. The molecule has 7 heteroatoms. The molecule has 2 rings (SSSR count). The highest BCUT2D eigenvalue weighted by atomic mass is 16.5. The van der Waals surface area contributed by atoms with Crippen molar-refractivity contribution in [3.63, 3.8) is 0 Å². The van der Waals surface area contributed by atoms with Crippen LogP contribution in [0.1, 0.15) is 29.8 Å². The van der Waals surface area contributed by atoms with Crippen molar-refractivity contribution in [2.24, 2.45) is 0 Å². The maximum Gasteiger partial charge on any atom is 0.322 e. The topological polar surface area (TPSA) is 105 Å². The number of anilines is 1. The zero-order valence-electron chi connectivity index (χ0n) is 15.2. The Labute approximate surface area is 157 Å². The fourth-order valence-electron chi connectivity index (χ4n) is 2.34. The number of carbonyl (C=O) groups is 3. The minimum Gasteiger partial charge on any atom is -0.490 e. The van der Waals surface area contributed by atoms with Crippen LogP contribution in [0.25, 0.3) is 0 Å². The summed E-state index contributed by atoms with van der Waals surface area (Å²) in [6.45, 7) is 3.37. The maximum atomic E-state index is 12.5. The molecule has 27 heavy (non-hydrogen) atoms. The van der Waals surface area contributed by atoms with E-state index in [1.165, 1.54) is 0 Å². The summed E-state index contributed by atoms with van der Waals surface area (Å²) >= 11 is 0. The first-order chi connectivity index (χ1) is 12.8. The molecule has 0 fully saturated rings. The van der Waals surface area contributed by atoms with Gasteiger partial charge < -0.3 is 20.5 Å². The van der Waals surface area contributed by atoms with Crippen molar-refractivity contribution >= 4 is 23.5 Å². The predicted molar refractivity (Wildman–Crippen MR) is 101 cm³/mol. The van der Waals surface area contributed by atoms with Gasteiger partial charge in [-0.3, -0.25) is 14.4 Å². The zero-order valence-corrected chi connectivity index (χ0v) is 15.2. The van der Waals surface area contributed by atoms with Crippen LogP contribution in [0.5, 0.6) is 5.75 Å². The average molecular weight is 370 g/mol. The van der Waals surface area contributed by atoms with E-state index in [2.05, 4.69) is 10.6 Å². The lowest BCUT2D eigenvalue weighted by Gasteiger charge is -2.14. The largest absolute Gasteiger partial charge is 0.490 e. The van der Waals surface area contributed by atoms with E-state index in [1.807, 2.05) is 13.8 Å². The normalized spacial score (nSPS) is 10.3. The number of rotatable bonds is 8. The third kappa shape index (κ3) is 6.47. The number of aliphatic carboxylic acids is 1. The van der Waals surface area contributed by atoms with Crippen molar-refractivity contribution in [2.45, 2.75) is 26.4 Å². The highest BCUT2D eigenvalue weighted by Crippen LogP contribution is 2.21. The van der Waals surface area contributed by atoms with E-state index in [1.54, 1.807) is 48.5 Å². The van der Waals surface area contributed by atoms with Crippen LogP contribution in [0.2, 0.25) is 0 Å². The summed E-state index contributed by atoms with van der Waals surface area (Å²) in [5, 5.41) is 13.6. The van der Waals surface area contributed by atoms with Crippen molar-refractivity contribution in [1.82, 2.24) is 5.32 Å². The van der Waals surface area contributed by atoms with Gasteiger partial charge in [-0.15, -0.1) is 0 Å². The third-order valence-electron chi connectivity index (χ3n) is 3.51. The van der Waals surface area contributed by atoms with Crippen LogP contribution in [0.4, 0.5) is 5.69 Å². The second-order valence-corrected chi connectivity index (χ2v) is 6.16. The molecule has 0 saturated heterocycles. The standard InChI is InChI=1S/C20H22N2O5/c1-13(2)27-17-6-4-3-5-16(17)20(26)22-15-9-7-14(8-10-15)11-18(23)21-12-19(24)25/h3-10,13H,11-12H2,1-2H3,(H,21,23)(H,22,26)(H,24,25). The van der Waals surface area contributed by atoms with Crippen molar-refractivity contribution in [3.05, 3.63) is 59.7 Å². The van der Waals surface area contributed by atoms with Crippen LogP contribution in [0.15, 0.2) is 48.5 Å². The lowest BCUT2D eigenvalue weighted by molar-refractivity contribution is -0.137. The molecule has 0 atom stereocenters. The molecule has 142 valence electrons. The van der Waals surface area contributed by atoms with Crippen molar-refractivity contribution in [2.75, 3.05) is 11.9 Å². The SMILES string of the molecule is CC(C)Oc1ccccc1C(=O)Nc1ccc(CC(=O)NCC(=O)O)cc1. The number of hydrogen-bond acceptors (Lipinski definition) is 4. The Morgan fingerprint density at radius 2 is 1.70 bits per heavy atom. The molecule has 2 aromatic carbocycles. The summed E-state index contributed by atoms with van der Waals surface area (Å²) in [5.74, 6) is -1.26. The quantitative estimate of drug-likeness (QED) is 0.662. The lowest BCUT2D eigenvalue weighted by atomic mass is 10.1. The summed E-state index contributed by atoms with van der Waals surface area (Å²) in [6.07, 6.45) is 0.0116. The van der Waals surface area contributed by atoms with E-state index in [4.69, 9.17) is 9.84 Å². The maximum absolute atomic E-state index is 12.5. The molecule has 0 radical (unpaired) electrons. The number of amides is 2. The molecular weight excluding hydrogens is 348 g/mol. The molecule has 0 saturated carbocycles. The lowest BCUT2D eigenvalue weighted by Crippen LogP contribution is -2.30. The van der Waals surface area contributed by atoms with Gasteiger partial charge in [0.2, 0.25) is 5.91 Å². The van der Waals surface area contributed by atoms with Gasteiger partial charge in [0.05, 0.1) is 18.1 Å². The fraction of sp³-hybridized carbons (Fsp3) is 0.250. The van der Waals surface area contributed by atoms with E-state index in [-0.39, 0.29) is 24.3 Å². The minimum atomic E-state index is -1.09. The Morgan fingerprint density at radius 3 is 2.33 bits per heavy atom. The van der Waals surface area contributed by atoms with Crippen LogP contribution in [-0.4, -0.2) is 35.5 Å². The minimum absolute atomic E-state index is 0.0505. The van der Waals surface area contributed by atoms with Crippen molar-refractivity contribution < 1.29 is 24.2 Å². The van der Waals surface area contributed by atoms with E-state index < -0.39 is 12.5 Å². The summed E-state index contributed by atoms with van der Waals surface area (Å²) in [7, 11) is 0. The molecular formula is C20H22N2O5. The van der Waals surface area contributed by atoms with Gasteiger partial charge >= 0.3 is 5.97 Å². The fourth-order valence-corrected chi connectivity index (χ4v) is 2.34. The Hall–Kier alpha value is -3.35. The Morgan fingerprint density at radius 1 is 1.04 bits per heavy atom. The van der Waals surface area contributed by atoms with Crippen LogP contribution in [0, 0.1) is 0 Å². The molecule has 7 nitrogen and oxygen atoms in total. The summed E-state index contributed by atoms with van der Waals surface area (Å²) in [5.41, 5.74) is 1.72. The van der Waals surface area contributed by atoms with E-state index in [0.717, 1.165) is 0 Å². The molecule has 0 aromatic heterocycles.